The van der Waals surface area contributed by atoms with Gasteiger partial charge in [0.25, 0.3) is 10.0 Å². The van der Waals surface area contributed by atoms with Crippen molar-refractivity contribution in [2.24, 2.45) is 14.1 Å². The maximum atomic E-state index is 12.7. The molecule has 4 aromatic rings. The highest BCUT2D eigenvalue weighted by Gasteiger charge is 2.17. The number of fused-ring (bicyclic) bond motifs is 1. The average molecular weight is 384 g/mol. The van der Waals surface area contributed by atoms with Crippen LogP contribution in [-0.4, -0.2) is 32.3 Å². The van der Waals surface area contributed by atoms with Gasteiger partial charge in [-0.2, -0.15) is 5.10 Å². The second-order valence-corrected chi connectivity index (χ2v) is 7.69. The highest BCUT2D eigenvalue weighted by atomic mass is 32.2. The van der Waals surface area contributed by atoms with Crippen molar-refractivity contribution in [2.75, 3.05) is 4.72 Å². The van der Waals surface area contributed by atoms with E-state index in [2.05, 4.69) is 14.8 Å². The van der Waals surface area contributed by atoms with Crippen LogP contribution in [0.4, 0.5) is 5.69 Å². The SMILES string of the molecule is Cn1c(=O)n(C)c2cc(S(=O)(=O)Nc3ccc(-n4cccn4)nc3)ccc21. The summed E-state index contributed by atoms with van der Waals surface area (Å²) in [6.45, 7) is 0. The van der Waals surface area contributed by atoms with Gasteiger partial charge in [0.15, 0.2) is 5.82 Å². The van der Waals surface area contributed by atoms with Gasteiger partial charge in [-0.15, -0.1) is 0 Å². The Morgan fingerprint density at radius 1 is 1.04 bits per heavy atom. The number of benzene rings is 1. The molecule has 27 heavy (non-hydrogen) atoms. The molecule has 138 valence electrons. The normalized spacial score (nSPS) is 11.8. The molecule has 3 aromatic heterocycles. The number of imidazole rings is 1. The van der Waals surface area contributed by atoms with Gasteiger partial charge < -0.3 is 0 Å². The van der Waals surface area contributed by atoms with Gasteiger partial charge in [0, 0.05) is 26.5 Å². The first-order chi connectivity index (χ1) is 12.9. The van der Waals surface area contributed by atoms with Crippen molar-refractivity contribution < 1.29 is 8.42 Å². The molecule has 1 N–H and O–H groups in total. The number of aromatic nitrogens is 5. The molecule has 10 heteroatoms. The van der Waals surface area contributed by atoms with Gasteiger partial charge in [0.1, 0.15) is 0 Å². The van der Waals surface area contributed by atoms with Crippen molar-refractivity contribution in [3.63, 3.8) is 0 Å². The van der Waals surface area contributed by atoms with Crippen molar-refractivity contribution >= 4 is 26.7 Å². The molecule has 9 nitrogen and oxygen atoms in total. The molecule has 0 amide bonds. The molecule has 3 heterocycles. The van der Waals surface area contributed by atoms with Gasteiger partial charge in [-0.05, 0) is 36.4 Å². The second kappa shape index (κ2) is 6.09. The number of hydrogen-bond acceptors (Lipinski definition) is 5. The minimum Gasteiger partial charge on any atom is -0.295 e. The molecule has 0 aliphatic carbocycles. The first kappa shape index (κ1) is 17.0. The Balaban J connectivity index is 1.66. The summed E-state index contributed by atoms with van der Waals surface area (Å²) in [6, 6.07) is 9.60. The molecule has 0 spiro atoms. The minimum absolute atomic E-state index is 0.0624. The molecular weight excluding hydrogens is 368 g/mol. The monoisotopic (exact) mass is 384 g/mol. The van der Waals surface area contributed by atoms with Crippen molar-refractivity contribution in [3.8, 4) is 5.82 Å². The largest absolute Gasteiger partial charge is 0.328 e. The van der Waals surface area contributed by atoms with Crippen LogP contribution < -0.4 is 10.4 Å². The van der Waals surface area contributed by atoms with Crippen LogP contribution in [0.3, 0.4) is 0 Å². The Labute approximate surface area is 154 Å². The third kappa shape index (κ3) is 2.89. The zero-order chi connectivity index (χ0) is 19.2. The van der Waals surface area contributed by atoms with Crippen molar-refractivity contribution in [2.45, 2.75) is 4.90 Å². The van der Waals surface area contributed by atoms with Gasteiger partial charge >= 0.3 is 5.69 Å². The Kier molecular flexibility index (Phi) is 3.84. The lowest BCUT2D eigenvalue weighted by Gasteiger charge is -2.09. The molecular formula is C17H16N6O3S. The summed E-state index contributed by atoms with van der Waals surface area (Å²) in [5.41, 5.74) is 1.31. The topological polar surface area (TPSA) is 104 Å². The Bertz CT molecular complexity index is 1290. The van der Waals surface area contributed by atoms with Crippen LogP contribution in [-0.2, 0) is 24.1 Å². The van der Waals surface area contributed by atoms with Gasteiger partial charge in [0.05, 0.1) is 27.8 Å². The highest BCUT2D eigenvalue weighted by molar-refractivity contribution is 7.92. The fourth-order valence-electron chi connectivity index (χ4n) is 2.85. The molecule has 0 saturated carbocycles. The van der Waals surface area contributed by atoms with Gasteiger partial charge in [-0.1, -0.05) is 0 Å². The fraction of sp³-hybridized carbons (Fsp3) is 0.118. The van der Waals surface area contributed by atoms with Crippen LogP contribution in [0.15, 0.2) is 64.7 Å². The predicted octanol–water partition coefficient (Wildman–Crippen LogP) is 1.26. The van der Waals surface area contributed by atoms with E-state index in [1.54, 1.807) is 55.4 Å². The first-order valence-corrected chi connectivity index (χ1v) is 9.49. The first-order valence-electron chi connectivity index (χ1n) is 8.01. The van der Waals surface area contributed by atoms with E-state index < -0.39 is 10.0 Å². The molecule has 0 unspecified atom stereocenters. The molecule has 0 radical (unpaired) electrons. The minimum atomic E-state index is -3.83. The molecule has 0 bridgehead atoms. The van der Waals surface area contributed by atoms with E-state index in [0.29, 0.717) is 22.5 Å². The summed E-state index contributed by atoms with van der Waals surface area (Å²) in [6.07, 6.45) is 4.79. The molecule has 0 atom stereocenters. The summed E-state index contributed by atoms with van der Waals surface area (Å²) in [4.78, 5) is 16.3. The number of hydrogen-bond donors (Lipinski definition) is 1. The van der Waals surface area contributed by atoms with Gasteiger partial charge in [-0.3, -0.25) is 13.9 Å². The smallest absolute Gasteiger partial charge is 0.295 e. The third-order valence-corrected chi connectivity index (χ3v) is 5.67. The second-order valence-electron chi connectivity index (χ2n) is 6.01. The number of sulfonamides is 1. The maximum absolute atomic E-state index is 12.7. The lowest BCUT2D eigenvalue weighted by Crippen LogP contribution is -2.19. The van der Waals surface area contributed by atoms with Crippen LogP contribution in [0.2, 0.25) is 0 Å². The van der Waals surface area contributed by atoms with Gasteiger partial charge in [-0.25, -0.2) is 22.9 Å². The molecule has 1 aromatic carbocycles. The molecule has 4 rings (SSSR count). The van der Waals surface area contributed by atoms with Crippen molar-refractivity contribution in [1.82, 2.24) is 23.9 Å². The third-order valence-electron chi connectivity index (χ3n) is 4.29. The lowest BCUT2D eigenvalue weighted by molar-refractivity contribution is 0.601. The molecule has 0 aliphatic rings. The Morgan fingerprint density at radius 3 is 2.48 bits per heavy atom. The number of aryl methyl sites for hydroxylation is 2. The number of nitrogens with one attached hydrogen (secondary N) is 1. The number of nitrogens with zero attached hydrogens (tertiary/aromatic N) is 5. The average Bonchev–Trinajstić information content (AvgIpc) is 3.27. The van der Waals surface area contributed by atoms with E-state index in [0.717, 1.165) is 0 Å². The number of pyridine rings is 1. The van der Waals surface area contributed by atoms with Crippen molar-refractivity contribution in [3.05, 3.63) is 65.5 Å². The standard InChI is InChI=1S/C17H16N6O3S/c1-21-14-6-5-13(10-15(14)22(2)17(21)24)27(25,26)20-12-4-7-16(18-11-12)23-9-3-8-19-23/h3-11,20H,1-2H3. The van der Waals surface area contributed by atoms with E-state index in [9.17, 15) is 13.2 Å². The van der Waals surface area contributed by atoms with Crippen LogP contribution in [0.1, 0.15) is 0 Å². The van der Waals surface area contributed by atoms with E-state index in [1.165, 1.54) is 27.5 Å². The summed E-state index contributed by atoms with van der Waals surface area (Å²) in [5, 5.41) is 4.07. The van der Waals surface area contributed by atoms with Crippen LogP contribution in [0, 0.1) is 0 Å². The Hall–Kier alpha value is -3.40. The lowest BCUT2D eigenvalue weighted by atomic mass is 10.3. The summed E-state index contributed by atoms with van der Waals surface area (Å²) < 4.78 is 32.4. The zero-order valence-corrected chi connectivity index (χ0v) is 15.4. The fourth-order valence-corrected chi connectivity index (χ4v) is 3.92. The van der Waals surface area contributed by atoms with Crippen LogP contribution >= 0.6 is 0 Å². The summed E-state index contributed by atoms with van der Waals surface area (Å²) >= 11 is 0. The number of rotatable bonds is 4. The maximum Gasteiger partial charge on any atom is 0.328 e. The summed E-state index contributed by atoms with van der Waals surface area (Å²) in [7, 11) is -0.582. The Morgan fingerprint density at radius 2 is 1.81 bits per heavy atom. The van der Waals surface area contributed by atoms with E-state index in [1.807, 2.05) is 0 Å². The van der Waals surface area contributed by atoms with E-state index in [4.69, 9.17) is 0 Å². The molecule has 0 aliphatic heterocycles. The zero-order valence-electron chi connectivity index (χ0n) is 14.6. The predicted molar refractivity (Wildman–Crippen MR) is 100 cm³/mol. The van der Waals surface area contributed by atoms with Crippen LogP contribution in [0.25, 0.3) is 16.9 Å². The van der Waals surface area contributed by atoms with E-state index >= 15 is 0 Å². The van der Waals surface area contributed by atoms with Gasteiger partial charge in [0.2, 0.25) is 0 Å². The molecule has 0 saturated heterocycles. The van der Waals surface area contributed by atoms with Crippen molar-refractivity contribution in [1.29, 1.82) is 0 Å². The number of anilines is 1. The van der Waals surface area contributed by atoms with E-state index in [-0.39, 0.29) is 10.6 Å². The van der Waals surface area contributed by atoms with Crippen LogP contribution in [0.5, 0.6) is 0 Å². The summed E-state index contributed by atoms with van der Waals surface area (Å²) in [5.74, 6) is 0.573. The quantitative estimate of drug-likeness (QED) is 0.570. The highest BCUT2D eigenvalue weighted by Crippen LogP contribution is 2.20. The molecule has 0 fully saturated rings.